The Morgan fingerprint density at radius 1 is 1.42 bits per heavy atom. The van der Waals surface area contributed by atoms with Gasteiger partial charge < -0.3 is 5.73 Å². The number of nitrogen functional groups attached to an aromatic ring is 1. The minimum absolute atomic E-state index is 0.690. The largest absolute Gasteiger partial charge is 0.398 e. The minimum atomic E-state index is 0.690. The van der Waals surface area contributed by atoms with Crippen LogP contribution in [0.15, 0.2) is 22.7 Å². The highest BCUT2D eigenvalue weighted by Crippen LogP contribution is 2.19. The Labute approximate surface area is 86.0 Å². The Bertz CT molecular complexity index is 263. The van der Waals surface area contributed by atoms with E-state index in [9.17, 15) is 0 Å². The van der Waals surface area contributed by atoms with Crippen LogP contribution in [0.4, 0.5) is 5.69 Å². The van der Waals surface area contributed by atoms with Crippen molar-refractivity contribution in [3.05, 3.63) is 28.2 Å². The van der Waals surface area contributed by atoms with Gasteiger partial charge in [0.1, 0.15) is 0 Å². The van der Waals surface area contributed by atoms with Crippen LogP contribution in [0.1, 0.15) is 12.0 Å². The molecule has 66 valence electrons. The fraction of sp³-hybridized carbons (Fsp3) is 0.333. The number of alkyl halides is 1. The van der Waals surface area contributed by atoms with Gasteiger partial charge in [-0.3, -0.25) is 0 Å². The summed E-state index contributed by atoms with van der Waals surface area (Å²) in [7, 11) is 0. The predicted octanol–water partition coefficient (Wildman–Crippen LogP) is 3.20. The van der Waals surface area contributed by atoms with Crippen LogP contribution in [0.25, 0.3) is 0 Å². The van der Waals surface area contributed by atoms with Gasteiger partial charge in [-0.25, -0.2) is 0 Å². The lowest BCUT2D eigenvalue weighted by atomic mass is 10.1. The van der Waals surface area contributed by atoms with Gasteiger partial charge in [0.25, 0.3) is 0 Å². The second-order valence-electron chi connectivity index (χ2n) is 2.64. The van der Waals surface area contributed by atoms with E-state index in [1.807, 2.05) is 18.2 Å². The number of anilines is 1. The number of nitrogens with two attached hydrogens (primary N) is 1. The fourth-order valence-corrected chi connectivity index (χ4v) is 1.56. The third kappa shape index (κ3) is 2.68. The lowest BCUT2D eigenvalue weighted by Crippen LogP contribution is -1.94. The van der Waals surface area contributed by atoms with Crippen LogP contribution in [0.5, 0.6) is 0 Å². The number of aryl methyl sites for hydroxylation is 1. The maximum Gasteiger partial charge on any atom is 0.0357 e. The van der Waals surface area contributed by atoms with Gasteiger partial charge in [-0.15, -0.1) is 11.6 Å². The molecule has 0 spiro atoms. The molecule has 3 heteroatoms. The summed E-state index contributed by atoms with van der Waals surface area (Å²) in [4.78, 5) is 0. The van der Waals surface area contributed by atoms with Crippen molar-refractivity contribution in [2.24, 2.45) is 0 Å². The van der Waals surface area contributed by atoms with Gasteiger partial charge in [0.05, 0.1) is 0 Å². The molecule has 1 aromatic carbocycles. The molecule has 0 aliphatic rings. The van der Waals surface area contributed by atoms with Crippen molar-refractivity contribution in [3.8, 4) is 0 Å². The van der Waals surface area contributed by atoms with Crippen LogP contribution in [0.3, 0.4) is 0 Å². The third-order valence-corrected chi connectivity index (χ3v) is 2.45. The average Bonchev–Trinajstić information content (AvgIpc) is 2.03. The zero-order valence-electron chi connectivity index (χ0n) is 6.69. The van der Waals surface area contributed by atoms with Crippen molar-refractivity contribution in [2.45, 2.75) is 12.8 Å². The van der Waals surface area contributed by atoms with Crippen LogP contribution in [0, 0.1) is 0 Å². The predicted molar refractivity (Wildman–Crippen MR) is 57.6 cm³/mol. The number of hydrogen-bond acceptors (Lipinski definition) is 1. The van der Waals surface area contributed by atoms with E-state index in [0.717, 1.165) is 23.0 Å². The summed E-state index contributed by atoms with van der Waals surface area (Å²) in [5, 5.41) is 0. The van der Waals surface area contributed by atoms with Crippen molar-refractivity contribution >= 4 is 33.2 Å². The van der Waals surface area contributed by atoms with Gasteiger partial charge in [-0.1, -0.05) is 22.0 Å². The molecule has 0 heterocycles. The first-order valence-corrected chi connectivity index (χ1v) is 5.16. The smallest absolute Gasteiger partial charge is 0.0357 e. The minimum Gasteiger partial charge on any atom is -0.398 e. The quantitative estimate of drug-likeness (QED) is 0.645. The maximum atomic E-state index is 5.79. The molecule has 1 nitrogen and oxygen atoms in total. The Kier molecular flexibility index (Phi) is 3.89. The van der Waals surface area contributed by atoms with E-state index >= 15 is 0 Å². The summed E-state index contributed by atoms with van der Waals surface area (Å²) in [5.41, 5.74) is 7.81. The van der Waals surface area contributed by atoms with Gasteiger partial charge in [-0.2, -0.15) is 0 Å². The Hall–Kier alpha value is -0.210. The highest BCUT2D eigenvalue weighted by atomic mass is 79.9. The van der Waals surface area contributed by atoms with E-state index in [1.165, 1.54) is 5.56 Å². The van der Waals surface area contributed by atoms with Crippen molar-refractivity contribution in [1.29, 1.82) is 0 Å². The zero-order valence-corrected chi connectivity index (χ0v) is 9.03. The Morgan fingerprint density at radius 2 is 2.17 bits per heavy atom. The van der Waals surface area contributed by atoms with Gasteiger partial charge >= 0.3 is 0 Å². The molecule has 0 unspecified atom stereocenters. The molecule has 0 aliphatic carbocycles. The molecular weight excluding hydrogens is 237 g/mol. The molecule has 1 aromatic rings. The molecule has 0 bridgehead atoms. The lowest BCUT2D eigenvalue weighted by molar-refractivity contribution is 0.931. The molecular formula is C9H11BrClN. The number of halogens is 2. The molecule has 0 saturated carbocycles. The van der Waals surface area contributed by atoms with E-state index in [-0.39, 0.29) is 0 Å². The molecule has 0 aliphatic heterocycles. The number of rotatable bonds is 3. The summed E-state index contributed by atoms with van der Waals surface area (Å²) in [6, 6.07) is 5.95. The normalized spacial score (nSPS) is 10.2. The van der Waals surface area contributed by atoms with Gasteiger partial charge in [0, 0.05) is 16.0 Å². The molecule has 0 aromatic heterocycles. The van der Waals surface area contributed by atoms with E-state index in [1.54, 1.807) is 0 Å². The highest BCUT2D eigenvalue weighted by Gasteiger charge is 1.98. The van der Waals surface area contributed by atoms with E-state index < -0.39 is 0 Å². The first-order valence-electron chi connectivity index (χ1n) is 3.84. The molecule has 0 fully saturated rings. The number of benzene rings is 1. The van der Waals surface area contributed by atoms with E-state index in [2.05, 4.69) is 15.9 Å². The monoisotopic (exact) mass is 247 g/mol. The second-order valence-corrected chi connectivity index (χ2v) is 3.93. The molecule has 0 atom stereocenters. The van der Waals surface area contributed by atoms with Gasteiger partial charge in [0.2, 0.25) is 0 Å². The summed E-state index contributed by atoms with van der Waals surface area (Å²) in [6.07, 6.45) is 1.94. The van der Waals surface area contributed by atoms with Crippen molar-refractivity contribution < 1.29 is 0 Å². The standard InChI is InChI=1S/C9H11BrClN/c10-8-4-3-7(2-1-5-11)9(12)6-8/h3-4,6H,1-2,5,12H2. The fourth-order valence-electron chi connectivity index (χ4n) is 1.05. The first-order chi connectivity index (χ1) is 5.74. The Morgan fingerprint density at radius 3 is 2.75 bits per heavy atom. The van der Waals surface area contributed by atoms with E-state index in [4.69, 9.17) is 17.3 Å². The van der Waals surface area contributed by atoms with Gasteiger partial charge in [0.15, 0.2) is 0 Å². The SMILES string of the molecule is Nc1cc(Br)ccc1CCCCl. The second kappa shape index (κ2) is 4.73. The molecule has 0 saturated heterocycles. The van der Waals surface area contributed by atoms with Crippen LogP contribution >= 0.6 is 27.5 Å². The zero-order chi connectivity index (χ0) is 8.97. The molecule has 1 rings (SSSR count). The lowest BCUT2D eigenvalue weighted by Gasteiger charge is -2.03. The van der Waals surface area contributed by atoms with Crippen molar-refractivity contribution in [1.82, 2.24) is 0 Å². The Balaban J connectivity index is 2.72. The van der Waals surface area contributed by atoms with Crippen LogP contribution < -0.4 is 5.73 Å². The molecule has 0 amide bonds. The van der Waals surface area contributed by atoms with Crippen LogP contribution in [0.2, 0.25) is 0 Å². The van der Waals surface area contributed by atoms with Crippen LogP contribution in [-0.4, -0.2) is 5.88 Å². The third-order valence-electron chi connectivity index (χ3n) is 1.69. The molecule has 0 radical (unpaired) electrons. The van der Waals surface area contributed by atoms with Crippen molar-refractivity contribution in [3.63, 3.8) is 0 Å². The summed E-state index contributed by atoms with van der Waals surface area (Å²) in [5.74, 6) is 0.690. The van der Waals surface area contributed by atoms with Crippen LogP contribution in [-0.2, 0) is 6.42 Å². The first kappa shape index (κ1) is 9.87. The summed E-state index contributed by atoms with van der Waals surface area (Å²) in [6.45, 7) is 0. The summed E-state index contributed by atoms with van der Waals surface area (Å²) < 4.78 is 1.02. The maximum absolute atomic E-state index is 5.79. The summed E-state index contributed by atoms with van der Waals surface area (Å²) >= 11 is 8.94. The number of hydrogen-bond donors (Lipinski definition) is 1. The molecule has 2 N–H and O–H groups in total. The average molecular weight is 249 g/mol. The van der Waals surface area contributed by atoms with Gasteiger partial charge in [-0.05, 0) is 30.5 Å². The topological polar surface area (TPSA) is 26.0 Å². The molecule has 12 heavy (non-hydrogen) atoms. The van der Waals surface area contributed by atoms with Crippen molar-refractivity contribution in [2.75, 3.05) is 11.6 Å². The highest BCUT2D eigenvalue weighted by molar-refractivity contribution is 9.10. The van der Waals surface area contributed by atoms with E-state index in [0.29, 0.717) is 5.88 Å².